The van der Waals surface area contributed by atoms with E-state index in [9.17, 15) is 0 Å². The van der Waals surface area contributed by atoms with E-state index >= 15 is 0 Å². The van der Waals surface area contributed by atoms with Crippen molar-refractivity contribution in [3.63, 3.8) is 0 Å². The first-order chi connectivity index (χ1) is 17.4. The van der Waals surface area contributed by atoms with Gasteiger partial charge < -0.3 is 20.7 Å². The monoisotopic (exact) mass is 489 g/mol. The average Bonchev–Trinajstić information content (AvgIpc) is 3.29. The fourth-order valence-electron chi connectivity index (χ4n) is 4.83. The van der Waals surface area contributed by atoms with Gasteiger partial charge in [-0.15, -0.1) is 0 Å². The van der Waals surface area contributed by atoms with Gasteiger partial charge >= 0.3 is 0 Å². The maximum atomic E-state index is 9.06. The molecule has 4 rings (SSSR count). The molecule has 2 aliphatic rings. The normalized spacial score (nSPS) is 18.5. The first-order valence-electron chi connectivity index (χ1n) is 12.6. The van der Waals surface area contributed by atoms with E-state index in [1.165, 1.54) is 18.9 Å². The number of fused-ring (bicyclic) bond motifs is 1. The van der Waals surface area contributed by atoms with E-state index < -0.39 is 0 Å². The number of nitrogens with one attached hydrogen (secondary N) is 1. The third kappa shape index (κ3) is 6.34. The molecule has 1 unspecified atom stereocenters. The van der Waals surface area contributed by atoms with Crippen molar-refractivity contribution in [1.29, 1.82) is 0 Å². The number of hydrogen-bond donors (Lipinski definition) is 2. The molecule has 1 atom stereocenters. The number of nitrogens with two attached hydrogens (primary N) is 1. The van der Waals surface area contributed by atoms with Crippen molar-refractivity contribution < 1.29 is 9.53 Å². The van der Waals surface area contributed by atoms with Gasteiger partial charge in [-0.1, -0.05) is 19.2 Å². The average molecular weight is 490 g/mol. The van der Waals surface area contributed by atoms with Crippen LogP contribution in [-0.2, 0) is 4.79 Å². The van der Waals surface area contributed by atoms with E-state index in [4.69, 9.17) is 20.4 Å². The molecule has 7 nitrogen and oxygen atoms in total. The van der Waals surface area contributed by atoms with Gasteiger partial charge in [0.05, 0.1) is 11.6 Å². The number of benzene rings is 1. The fourth-order valence-corrected chi connectivity index (χ4v) is 4.83. The smallest absolute Gasteiger partial charge is 0.142 e. The van der Waals surface area contributed by atoms with Crippen LogP contribution >= 0.6 is 0 Å². The Labute approximate surface area is 215 Å². The number of hydrogen-bond acceptors (Lipinski definition) is 6. The Morgan fingerprint density at radius 1 is 1.19 bits per heavy atom. The van der Waals surface area contributed by atoms with Crippen molar-refractivity contribution in [3.05, 3.63) is 73.1 Å². The number of anilines is 1. The summed E-state index contributed by atoms with van der Waals surface area (Å²) < 4.78 is 8.14. The maximum Gasteiger partial charge on any atom is 0.142 e. The molecular formula is C29H39N5O2. The summed E-state index contributed by atoms with van der Waals surface area (Å²) in [5, 5.41) is 8.64. The highest BCUT2D eigenvalue weighted by molar-refractivity contribution is 5.84. The molecule has 0 amide bonds. The van der Waals surface area contributed by atoms with Gasteiger partial charge in [-0.2, -0.15) is 5.10 Å². The molecule has 7 heteroatoms. The van der Waals surface area contributed by atoms with Gasteiger partial charge in [-0.05, 0) is 102 Å². The van der Waals surface area contributed by atoms with Gasteiger partial charge in [0.2, 0.25) is 0 Å². The van der Waals surface area contributed by atoms with Crippen molar-refractivity contribution >= 4 is 17.8 Å². The molecule has 0 saturated carbocycles. The Hall–Kier alpha value is -3.58. The van der Waals surface area contributed by atoms with Crippen molar-refractivity contribution in [2.75, 3.05) is 32.0 Å². The molecule has 3 N–H and O–H groups in total. The lowest BCUT2D eigenvalue weighted by Crippen LogP contribution is -2.37. The summed E-state index contributed by atoms with van der Waals surface area (Å²) in [6, 6.07) is 8.44. The van der Waals surface area contributed by atoms with Gasteiger partial charge in [-0.3, -0.25) is 4.79 Å². The summed E-state index contributed by atoms with van der Waals surface area (Å²) >= 11 is 0. The second kappa shape index (κ2) is 12.9. The minimum Gasteiger partial charge on any atom is -0.458 e. The zero-order valence-electron chi connectivity index (χ0n) is 21.7. The Balaban J connectivity index is 0.000000840. The lowest BCUT2D eigenvalue weighted by Gasteiger charge is -2.37. The SMILES string of the molecule is C=C(N)c1c(-c2ccc(OC(/C=C\C)=C/C)cc2)nn2c1NCCC2C1CCN(C)CC1.C=CC=O. The molecule has 1 saturated heterocycles. The molecule has 192 valence electrons. The van der Waals surface area contributed by atoms with Crippen LogP contribution in [0.2, 0.25) is 0 Å². The fraction of sp³-hybridized carbons (Fsp3) is 0.379. The van der Waals surface area contributed by atoms with Gasteiger partial charge in [-0.25, -0.2) is 4.68 Å². The molecule has 1 fully saturated rings. The van der Waals surface area contributed by atoms with Crippen molar-refractivity contribution in [2.45, 2.75) is 39.2 Å². The lowest BCUT2D eigenvalue weighted by atomic mass is 9.87. The third-order valence-corrected chi connectivity index (χ3v) is 6.66. The van der Waals surface area contributed by atoms with Gasteiger partial charge in [0, 0.05) is 17.8 Å². The summed E-state index contributed by atoms with van der Waals surface area (Å²) in [7, 11) is 2.21. The molecule has 0 spiro atoms. The molecule has 0 aliphatic carbocycles. The number of aromatic nitrogens is 2. The Bertz CT molecular complexity index is 1100. The highest BCUT2D eigenvalue weighted by Crippen LogP contribution is 2.41. The molecule has 0 bridgehead atoms. The Kier molecular flexibility index (Phi) is 9.70. The summed E-state index contributed by atoms with van der Waals surface area (Å²) in [6.45, 7) is 14.4. The van der Waals surface area contributed by atoms with Crippen LogP contribution in [0.25, 0.3) is 17.0 Å². The van der Waals surface area contributed by atoms with Crippen LogP contribution < -0.4 is 15.8 Å². The molecule has 0 radical (unpaired) electrons. The van der Waals surface area contributed by atoms with E-state index in [0.717, 1.165) is 60.2 Å². The number of allylic oxidation sites excluding steroid dienone is 4. The lowest BCUT2D eigenvalue weighted by molar-refractivity contribution is -0.104. The van der Waals surface area contributed by atoms with Crippen LogP contribution in [0.15, 0.2) is 67.5 Å². The summed E-state index contributed by atoms with van der Waals surface area (Å²) in [4.78, 5) is 11.5. The minimum atomic E-state index is 0.396. The van der Waals surface area contributed by atoms with E-state index in [1.54, 1.807) is 0 Å². The molecule has 2 aromatic rings. The number of carbonyl (C=O) groups excluding carboxylic acids is 1. The minimum absolute atomic E-state index is 0.396. The summed E-state index contributed by atoms with van der Waals surface area (Å²) in [5.41, 5.74) is 9.63. The zero-order valence-corrected chi connectivity index (χ0v) is 21.7. The van der Waals surface area contributed by atoms with E-state index in [1.807, 2.05) is 56.3 Å². The predicted molar refractivity (Wildman–Crippen MR) is 149 cm³/mol. The number of rotatable bonds is 7. The first kappa shape index (κ1) is 27.0. The van der Waals surface area contributed by atoms with Crippen molar-refractivity contribution in [3.8, 4) is 17.0 Å². The maximum absolute atomic E-state index is 9.06. The Morgan fingerprint density at radius 2 is 1.86 bits per heavy atom. The molecule has 3 heterocycles. The molecule has 1 aromatic heterocycles. The van der Waals surface area contributed by atoms with Crippen molar-refractivity contribution in [1.82, 2.24) is 14.7 Å². The largest absolute Gasteiger partial charge is 0.458 e. The number of ether oxygens (including phenoxy) is 1. The molecule has 2 aliphatic heterocycles. The van der Waals surface area contributed by atoms with Gasteiger partial charge in [0.1, 0.15) is 29.3 Å². The van der Waals surface area contributed by atoms with Crippen molar-refractivity contribution in [2.24, 2.45) is 11.7 Å². The van der Waals surface area contributed by atoms with Crippen LogP contribution in [0.5, 0.6) is 5.75 Å². The number of carbonyl (C=O) groups is 1. The number of likely N-dealkylation sites (tertiary alicyclic amines) is 1. The Morgan fingerprint density at radius 3 is 2.42 bits per heavy atom. The quantitative estimate of drug-likeness (QED) is 0.234. The van der Waals surface area contributed by atoms with E-state index in [-0.39, 0.29) is 0 Å². The highest BCUT2D eigenvalue weighted by atomic mass is 16.5. The number of aldehydes is 1. The second-order valence-corrected chi connectivity index (χ2v) is 9.15. The molecular weight excluding hydrogens is 450 g/mol. The highest BCUT2D eigenvalue weighted by Gasteiger charge is 2.33. The zero-order chi connectivity index (χ0) is 26.1. The van der Waals surface area contributed by atoms with E-state index in [2.05, 4.69) is 35.1 Å². The standard InChI is InChI=1S/C26H35N5O.C3H4O/c1-5-7-21(6-2)32-22-10-8-20(9-11-22)25-24(18(3)27)26-28-15-12-23(31(26)29-25)19-13-16-30(4)17-14-19;1-2-3-4/h5-11,19,23,28H,3,12-17,27H2,1-2,4H3;2-3H,1H2/b7-5-,21-6+;. The topological polar surface area (TPSA) is 85.4 Å². The molecule has 1 aromatic carbocycles. The van der Waals surface area contributed by atoms with Crippen LogP contribution in [0.1, 0.15) is 44.7 Å². The van der Waals surface area contributed by atoms with E-state index in [0.29, 0.717) is 23.9 Å². The molecule has 36 heavy (non-hydrogen) atoms. The van der Waals surface area contributed by atoms with Gasteiger partial charge in [0.25, 0.3) is 0 Å². The number of nitrogens with zero attached hydrogens (tertiary/aromatic N) is 3. The second-order valence-electron chi connectivity index (χ2n) is 9.15. The predicted octanol–water partition coefficient (Wildman–Crippen LogP) is 5.41. The van der Waals surface area contributed by atoms with Crippen LogP contribution in [-0.4, -0.2) is 47.6 Å². The first-order valence-corrected chi connectivity index (χ1v) is 12.6. The third-order valence-electron chi connectivity index (χ3n) is 6.66. The van der Waals surface area contributed by atoms with Crippen LogP contribution in [0, 0.1) is 5.92 Å². The van der Waals surface area contributed by atoms with Crippen LogP contribution in [0.4, 0.5) is 5.82 Å². The summed E-state index contributed by atoms with van der Waals surface area (Å²) in [6.07, 6.45) is 11.2. The van der Waals surface area contributed by atoms with Gasteiger partial charge in [0.15, 0.2) is 0 Å². The van der Waals surface area contributed by atoms with Crippen LogP contribution in [0.3, 0.4) is 0 Å². The summed E-state index contributed by atoms with van der Waals surface area (Å²) in [5.74, 6) is 3.26. The number of piperidine rings is 1.